The van der Waals surface area contributed by atoms with Crippen LogP contribution in [0.1, 0.15) is 6.92 Å². The largest absolute Gasteiger partial charge is 0.330 e. The maximum atomic E-state index is 5.48. The summed E-state index contributed by atoms with van der Waals surface area (Å²) < 4.78 is 0. The maximum absolute atomic E-state index is 5.48. The van der Waals surface area contributed by atoms with Crippen molar-refractivity contribution in [2.75, 3.05) is 19.6 Å². The quantitative estimate of drug-likeness (QED) is 0.495. The van der Waals surface area contributed by atoms with Crippen molar-refractivity contribution in [3.63, 3.8) is 0 Å². The fourth-order valence-corrected chi connectivity index (χ4v) is 1.18. The summed E-state index contributed by atoms with van der Waals surface area (Å²) in [5.41, 5.74) is 5.48. The summed E-state index contributed by atoms with van der Waals surface area (Å²) in [7, 11) is 0. The van der Waals surface area contributed by atoms with E-state index in [1.807, 2.05) is 0 Å². The Hall–Kier alpha value is -0.0800. The molecule has 2 atom stereocenters. The van der Waals surface area contributed by atoms with E-state index in [9.17, 15) is 0 Å². The molecule has 1 saturated heterocycles. The molecule has 3 N–H and O–H groups in total. The van der Waals surface area contributed by atoms with Gasteiger partial charge in [-0.2, -0.15) is 0 Å². The molecule has 2 nitrogen and oxygen atoms in total. The van der Waals surface area contributed by atoms with Crippen molar-refractivity contribution in [2.45, 2.75) is 6.92 Å². The minimum atomic E-state index is 0.731. The average molecular weight is 114 g/mol. The zero-order valence-electron chi connectivity index (χ0n) is 5.35. The van der Waals surface area contributed by atoms with Gasteiger partial charge in [0, 0.05) is 0 Å². The lowest BCUT2D eigenvalue weighted by Gasteiger charge is -2.08. The lowest BCUT2D eigenvalue weighted by atomic mass is 9.99. The van der Waals surface area contributed by atoms with Gasteiger partial charge in [0.25, 0.3) is 0 Å². The molecule has 1 fully saturated rings. The average Bonchev–Trinajstić information content (AvgIpc) is 2.14. The second-order valence-corrected chi connectivity index (χ2v) is 2.63. The van der Waals surface area contributed by atoms with Gasteiger partial charge < -0.3 is 11.1 Å². The zero-order chi connectivity index (χ0) is 5.98. The Morgan fingerprint density at radius 2 is 2.38 bits per heavy atom. The van der Waals surface area contributed by atoms with Gasteiger partial charge in [-0.3, -0.25) is 0 Å². The summed E-state index contributed by atoms with van der Waals surface area (Å²) in [4.78, 5) is 0. The fraction of sp³-hybridized carbons (Fsp3) is 1.00. The molecule has 0 saturated carbocycles. The summed E-state index contributed by atoms with van der Waals surface area (Å²) >= 11 is 0. The van der Waals surface area contributed by atoms with Crippen LogP contribution in [0, 0.1) is 11.8 Å². The van der Waals surface area contributed by atoms with Crippen LogP contribution in [-0.4, -0.2) is 19.6 Å². The summed E-state index contributed by atoms with van der Waals surface area (Å²) in [5, 5.41) is 3.29. The lowest BCUT2D eigenvalue weighted by Crippen LogP contribution is -2.20. The topological polar surface area (TPSA) is 38.0 Å². The minimum absolute atomic E-state index is 0.731. The van der Waals surface area contributed by atoms with E-state index in [1.54, 1.807) is 0 Å². The van der Waals surface area contributed by atoms with Crippen molar-refractivity contribution in [3.8, 4) is 0 Å². The molecule has 0 aromatic carbocycles. The van der Waals surface area contributed by atoms with Crippen LogP contribution in [0.25, 0.3) is 0 Å². The molecule has 2 heteroatoms. The van der Waals surface area contributed by atoms with Crippen molar-refractivity contribution in [1.82, 2.24) is 5.32 Å². The van der Waals surface area contributed by atoms with Crippen molar-refractivity contribution in [2.24, 2.45) is 17.6 Å². The van der Waals surface area contributed by atoms with Crippen LogP contribution in [0.2, 0.25) is 0 Å². The second-order valence-electron chi connectivity index (χ2n) is 2.63. The molecule has 0 radical (unpaired) electrons. The van der Waals surface area contributed by atoms with Crippen molar-refractivity contribution in [1.29, 1.82) is 0 Å². The molecular formula is C6H14N2. The third-order valence-electron chi connectivity index (χ3n) is 1.98. The first-order valence-electron chi connectivity index (χ1n) is 3.25. The molecule has 1 rings (SSSR count). The highest BCUT2D eigenvalue weighted by Crippen LogP contribution is 2.12. The molecule has 1 aliphatic heterocycles. The van der Waals surface area contributed by atoms with E-state index >= 15 is 0 Å². The van der Waals surface area contributed by atoms with Gasteiger partial charge in [-0.25, -0.2) is 0 Å². The van der Waals surface area contributed by atoms with E-state index in [4.69, 9.17) is 5.73 Å². The van der Waals surface area contributed by atoms with Gasteiger partial charge in [0.05, 0.1) is 0 Å². The van der Waals surface area contributed by atoms with Gasteiger partial charge in [-0.05, 0) is 31.5 Å². The maximum Gasteiger partial charge on any atom is -0.000531 e. The van der Waals surface area contributed by atoms with Crippen LogP contribution in [0.5, 0.6) is 0 Å². The number of nitrogens with two attached hydrogens (primary N) is 1. The zero-order valence-corrected chi connectivity index (χ0v) is 5.35. The SMILES string of the molecule is C[C@H]1CNC[C@H]1CN. The number of hydrogen-bond donors (Lipinski definition) is 2. The Kier molecular flexibility index (Phi) is 1.86. The molecule has 1 aliphatic rings. The molecule has 0 amide bonds. The normalized spacial score (nSPS) is 38.2. The molecule has 0 bridgehead atoms. The van der Waals surface area contributed by atoms with E-state index in [0.29, 0.717) is 0 Å². The Bertz CT molecular complexity index is 72.9. The summed E-state index contributed by atoms with van der Waals surface area (Å²) in [6, 6.07) is 0. The molecule has 0 spiro atoms. The van der Waals surface area contributed by atoms with Gasteiger partial charge in [-0.1, -0.05) is 6.92 Å². The summed E-state index contributed by atoms with van der Waals surface area (Å²) in [5.74, 6) is 1.52. The van der Waals surface area contributed by atoms with Gasteiger partial charge in [0.15, 0.2) is 0 Å². The Morgan fingerprint density at radius 3 is 2.62 bits per heavy atom. The molecule has 0 aliphatic carbocycles. The summed E-state index contributed by atoms with van der Waals surface area (Å²) in [6.45, 7) is 5.37. The fourth-order valence-electron chi connectivity index (χ4n) is 1.18. The third kappa shape index (κ3) is 1.01. The van der Waals surface area contributed by atoms with Gasteiger partial charge >= 0.3 is 0 Å². The van der Waals surface area contributed by atoms with Crippen LogP contribution >= 0.6 is 0 Å². The standard InChI is InChI=1S/C6H14N2/c1-5-3-8-4-6(5)2-7/h5-6,8H,2-4,7H2,1H3/t5-,6+/m0/s1. The van der Waals surface area contributed by atoms with Crippen LogP contribution in [0.3, 0.4) is 0 Å². The Balaban J connectivity index is 2.30. The van der Waals surface area contributed by atoms with Crippen molar-refractivity contribution < 1.29 is 0 Å². The Morgan fingerprint density at radius 1 is 1.62 bits per heavy atom. The highest BCUT2D eigenvalue weighted by molar-refractivity contribution is 4.77. The Labute approximate surface area is 50.4 Å². The molecule has 0 unspecified atom stereocenters. The van der Waals surface area contributed by atoms with E-state index in [0.717, 1.165) is 31.5 Å². The molecule has 1 heterocycles. The van der Waals surface area contributed by atoms with Crippen LogP contribution in [0.15, 0.2) is 0 Å². The predicted molar refractivity (Wildman–Crippen MR) is 34.6 cm³/mol. The lowest BCUT2D eigenvalue weighted by molar-refractivity contribution is 0.463. The van der Waals surface area contributed by atoms with Crippen molar-refractivity contribution >= 4 is 0 Å². The van der Waals surface area contributed by atoms with E-state index in [2.05, 4.69) is 12.2 Å². The smallest absolute Gasteiger partial charge is 0.000531 e. The third-order valence-corrected chi connectivity index (χ3v) is 1.98. The molecule has 0 aromatic heterocycles. The van der Waals surface area contributed by atoms with Crippen LogP contribution in [-0.2, 0) is 0 Å². The van der Waals surface area contributed by atoms with E-state index < -0.39 is 0 Å². The number of hydrogen-bond acceptors (Lipinski definition) is 2. The second kappa shape index (κ2) is 2.46. The highest BCUT2D eigenvalue weighted by Gasteiger charge is 2.20. The number of nitrogens with one attached hydrogen (secondary N) is 1. The predicted octanol–water partition coefficient (Wildman–Crippen LogP) is -0.199. The monoisotopic (exact) mass is 114 g/mol. The minimum Gasteiger partial charge on any atom is -0.330 e. The van der Waals surface area contributed by atoms with Gasteiger partial charge in [0.1, 0.15) is 0 Å². The van der Waals surface area contributed by atoms with Crippen LogP contribution in [0.4, 0.5) is 0 Å². The summed E-state index contributed by atoms with van der Waals surface area (Å²) in [6.07, 6.45) is 0. The van der Waals surface area contributed by atoms with Crippen molar-refractivity contribution in [3.05, 3.63) is 0 Å². The first kappa shape index (κ1) is 6.05. The van der Waals surface area contributed by atoms with Gasteiger partial charge in [0.2, 0.25) is 0 Å². The van der Waals surface area contributed by atoms with E-state index in [1.165, 1.54) is 0 Å². The highest BCUT2D eigenvalue weighted by atomic mass is 14.9. The molecule has 8 heavy (non-hydrogen) atoms. The number of rotatable bonds is 1. The molecular weight excluding hydrogens is 100 g/mol. The molecule has 48 valence electrons. The van der Waals surface area contributed by atoms with Crippen LogP contribution < -0.4 is 11.1 Å². The van der Waals surface area contributed by atoms with E-state index in [-0.39, 0.29) is 0 Å². The first-order chi connectivity index (χ1) is 3.84. The molecule has 0 aromatic rings. The first-order valence-corrected chi connectivity index (χ1v) is 3.25. The van der Waals surface area contributed by atoms with Gasteiger partial charge in [-0.15, -0.1) is 0 Å².